The Labute approximate surface area is 124 Å². The molecule has 0 aliphatic carbocycles. The lowest BCUT2D eigenvalue weighted by atomic mass is 10.1. The summed E-state index contributed by atoms with van der Waals surface area (Å²) in [5.74, 6) is 0.465. The number of aryl methyl sites for hydroxylation is 1. The molecule has 0 saturated carbocycles. The molecule has 2 heterocycles. The van der Waals surface area contributed by atoms with Crippen molar-refractivity contribution in [2.45, 2.75) is 19.2 Å². The summed E-state index contributed by atoms with van der Waals surface area (Å²) in [7, 11) is 0. The summed E-state index contributed by atoms with van der Waals surface area (Å²) >= 11 is 0. The van der Waals surface area contributed by atoms with Crippen LogP contribution in [-0.2, 0) is 10.9 Å². The monoisotopic (exact) mass is 313 g/mol. The van der Waals surface area contributed by atoms with Crippen LogP contribution < -0.4 is 4.90 Å². The highest BCUT2D eigenvalue weighted by atomic mass is 19.4. The van der Waals surface area contributed by atoms with E-state index in [1.807, 2.05) is 4.90 Å². The number of alkyl halides is 3. The van der Waals surface area contributed by atoms with E-state index >= 15 is 0 Å². The van der Waals surface area contributed by atoms with Gasteiger partial charge in [0, 0.05) is 13.5 Å². The Hall–Kier alpha value is -2.09. The minimum absolute atomic E-state index is 0.330. The van der Waals surface area contributed by atoms with Gasteiger partial charge in [-0.2, -0.15) is 13.2 Å². The molecule has 0 bridgehead atoms. The van der Waals surface area contributed by atoms with Crippen molar-refractivity contribution in [1.29, 1.82) is 0 Å². The lowest BCUT2D eigenvalue weighted by Gasteiger charge is -2.31. The number of anilines is 1. The largest absolute Gasteiger partial charge is 0.416 e. The number of hydrogen-bond donors (Lipinski definition) is 0. The zero-order valence-electron chi connectivity index (χ0n) is 11.8. The normalized spacial score (nSPS) is 19.5. The number of aromatic nitrogens is 2. The highest BCUT2D eigenvalue weighted by Crippen LogP contribution is 2.31. The molecule has 0 amide bonds. The maximum absolute atomic E-state index is 12.6. The number of halogens is 3. The molecule has 8 heteroatoms. The number of benzene rings is 1. The smallest absolute Gasteiger partial charge is 0.408 e. The lowest BCUT2D eigenvalue weighted by molar-refractivity contribution is -0.137. The van der Waals surface area contributed by atoms with Gasteiger partial charge in [0.1, 0.15) is 6.10 Å². The second-order valence-corrected chi connectivity index (χ2v) is 5.03. The zero-order chi connectivity index (χ0) is 15.7. The topological polar surface area (TPSA) is 51.4 Å². The van der Waals surface area contributed by atoms with E-state index < -0.39 is 11.7 Å². The average molecular weight is 313 g/mol. The molecule has 1 atom stereocenters. The van der Waals surface area contributed by atoms with Gasteiger partial charge in [0.25, 0.3) is 0 Å². The first-order chi connectivity index (χ1) is 10.4. The average Bonchev–Trinajstić information content (AvgIpc) is 2.93. The van der Waals surface area contributed by atoms with Gasteiger partial charge in [-0.1, -0.05) is 17.2 Å². The number of hydrogen-bond acceptors (Lipinski definition) is 5. The number of rotatable bonds is 2. The van der Waals surface area contributed by atoms with Gasteiger partial charge >= 0.3 is 12.2 Å². The van der Waals surface area contributed by atoms with Crippen molar-refractivity contribution in [3.63, 3.8) is 0 Å². The van der Waals surface area contributed by atoms with Crippen molar-refractivity contribution in [1.82, 2.24) is 10.2 Å². The Morgan fingerprint density at radius 2 is 1.91 bits per heavy atom. The molecule has 3 rings (SSSR count). The van der Waals surface area contributed by atoms with E-state index in [0.717, 1.165) is 12.1 Å². The summed E-state index contributed by atoms with van der Waals surface area (Å²) in [5, 5.41) is 7.72. The van der Waals surface area contributed by atoms with E-state index in [2.05, 4.69) is 10.2 Å². The van der Waals surface area contributed by atoms with Gasteiger partial charge in [0.2, 0.25) is 5.89 Å². The maximum Gasteiger partial charge on any atom is 0.416 e. The second-order valence-electron chi connectivity index (χ2n) is 5.03. The highest BCUT2D eigenvalue weighted by Gasteiger charge is 2.31. The summed E-state index contributed by atoms with van der Waals surface area (Å²) in [6.07, 6.45) is -4.66. The molecule has 0 spiro atoms. The lowest BCUT2D eigenvalue weighted by Crippen LogP contribution is -2.38. The van der Waals surface area contributed by atoms with Gasteiger partial charge in [-0.25, -0.2) is 0 Å². The molecule has 1 unspecified atom stereocenters. The van der Waals surface area contributed by atoms with Gasteiger partial charge in [-0.15, -0.1) is 5.10 Å². The molecule has 1 fully saturated rings. The van der Waals surface area contributed by atoms with Crippen LogP contribution in [0.1, 0.15) is 23.1 Å². The molecule has 22 heavy (non-hydrogen) atoms. The molecule has 1 aromatic heterocycles. The summed E-state index contributed by atoms with van der Waals surface area (Å²) in [6.45, 7) is 3.18. The summed E-state index contributed by atoms with van der Waals surface area (Å²) in [5.41, 5.74) is 0.0189. The molecule has 1 aliphatic heterocycles. The Kier molecular flexibility index (Phi) is 3.78. The van der Waals surface area contributed by atoms with Crippen LogP contribution >= 0.6 is 0 Å². The predicted molar refractivity (Wildman–Crippen MR) is 71.4 cm³/mol. The Morgan fingerprint density at radius 3 is 2.50 bits per heavy atom. The van der Waals surface area contributed by atoms with E-state index in [0.29, 0.717) is 37.2 Å². The molecule has 0 N–H and O–H groups in total. The van der Waals surface area contributed by atoms with Crippen LogP contribution in [0.3, 0.4) is 0 Å². The van der Waals surface area contributed by atoms with Crippen molar-refractivity contribution < 1.29 is 22.3 Å². The molecule has 118 valence electrons. The van der Waals surface area contributed by atoms with E-state index in [1.54, 1.807) is 6.92 Å². The Morgan fingerprint density at radius 1 is 1.18 bits per heavy atom. The van der Waals surface area contributed by atoms with Crippen molar-refractivity contribution >= 4 is 6.01 Å². The highest BCUT2D eigenvalue weighted by molar-refractivity contribution is 5.31. The van der Waals surface area contributed by atoms with E-state index in [9.17, 15) is 13.2 Å². The minimum atomic E-state index is -4.33. The van der Waals surface area contributed by atoms with Gasteiger partial charge < -0.3 is 14.1 Å². The minimum Gasteiger partial charge on any atom is -0.408 e. The Balaban J connectivity index is 1.74. The first-order valence-corrected chi connectivity index (χ1v) is 6.77. The van der Waals surface area contributed by atoms with Crippen molar-refractivity contribution in [3.05, 3.63) is 41.3 Å². The van der Waals surface area contributed by atoms with Crippen LogP contribution in [0.4, 0.5) is 19.2 Å². The van der Waals surface area contributed by atoms with E-state index in [-0.39, 0.29) is 6.10 Å². The van der Waals surface area contributed by atoms with E-state index in [4.69, 9.17) is 9.15 Å². The molecule has 1 aromatic carbocycles. The van der Waals surface area contributed by atoms with Gasteiger partial charge in [-0.3, -0.25) is 0 Å². The van der Waals surface area contributed by atoms with Gasteiger partial charge in [0.05, 0.1) is 18.7 Å². The number of morpholine rings is 1. The zero-order valence-corrected chi connectivity index (χ0v) is 11.8. The summed E-state index contributed by atoms with van der Waals surface area (Å²) < 4.78 is 48.7. The third-order valence-corrected chi connectivity index (χ3v) is 3.46. The Bertz CT molecular complexity index is 640. The number of nitrogens with zero attached hydrogens (tertiary/aromatic N) is 3. The summed E-state index contributed by atoms with van der Waals surface area (Å²) in [6, 6.07) is 5.41. The second kappa shape index (κ2) is 5.60. The summed E-state index contributed by atoms with van der Waals surface area (Å²) in [4.78, 5) is 1.87. The maximum atomic E-state index is 12.6. The van der Waals surface area contributed by atoms with Crippen molar-refractivity contribution in [2.75, 3.05) is 24.6 Å². The molecule has 2 aromatic rings. The standard InChI is InChI=1S/C14H14F3N3O2/c1-9-18-19-13(22-9)20-6-7-21-12(8-20)10-2-4-11(5-3-10)14(15,16)17/h2-5,12H,6-8H2,1H3. The van der Waals surface area contributed by atoms with Gasteiger partial charge in [0.15, 0.2) is 0 Å². The van der Waals surface area contributed by atoms with Crippen LogP contribution in [0, 0.1) is 6.92 Å². The van der Waals surface area contributed by atoms with Crippen LogP contribution in [0.25, 0.3) is 0 Å². The molecule has 5 nitrogen and oxygen atoms in total. The molecule has 1 aliphatic rings. The fourth-order valence-corrected chi connectivity index (χ4v) is 2.33. The third kappa shape index (κ3) is 3.06. The van der Waals surface area contributed by atoms with Crippen molar-refractivity contribution in [2.24, 2.45) is 0 Å². The van der Waals surface area contributed by atoms with Gasteiger partial charge in [-0.05, 0) is 17.7 Å². The quantitative estimate of drug-likeness (QED) is 0.853. The van der Waals surface area contributed by atoms with Crippen LogP contribution in [-0.4, -0.2) is 29.9 Å². The number of ether oxygens (including phenoxy) is 1. The third-order valence-electron chi connectivity index (χ3n) is 3.46. The fraction of sp³-hybridized carbons (Fsp3) is 0.429. The SMILES string of the molecule is Cc1nnc(N2CCOC(c3ccc(C(F)(F)F)cc3)C2)o1. The molecular formula is C14H14F3N3O2. The van der Waals surface area contributed by atoms with E-state index in [1.165, 1.54) is 12.1 Å². The molecule has 1 saturated heterocycles. The van der Waals surface area contributed by atoms with Crippen LogP contribution in [0.15, 0.2) is 28.7 Å². The predicted octanol–water partition coefficient (Wildman–Crippen LogP) is 2.97. The fourth-order valence-electron chi connectivity index (χ4n) is 2.33. The van der Waals surface area contributed by atoms with Crippen molar-refractivity contribution in [3.8, 4) is 0 Å². The van der Waals surface area contributed by atoms with Crippen LogP contribution in [0.5, 0.6) is 0 Å². The first-order valence-electron chi connectivity index (χ1n) is 6.77. The first kappa shape index (κ1) is 14.8. The molecule has 0 radical (unpaired) electrons. The van der Waals surface area contributed by atoms with Crippen LogP contribution in [0.2, 0.25) is 0 Å². The molecular weight excluding hydrogens is 299 g/mol.